The SMILES string of the molecule is CCc1cc(CNC(=NC)NC(C)CCCC(C)C)on1. The smallest absolute Gasteiger partial charge is 0.191 e. The molecule has 1 aromatic rings. The van der Waals surface area contributed by atoms with E-state index >= 15 is 0 Å². The van der Waals surface area contributed by atoms with Crippen LogP contribution >= 0.6 is 0 Å². The first-order valence-corrected chi connectivity index (χ1v) is 7.96. The zero-order valence-corrected chi connectivity index (χ0v) is 14.1. The Morgan fingerprint density at radius 1 is 1.33 bits per heavy atom. The predicted octanol–water partition coefficient (Wildman–Crippen LogP) is 3.12. The van der Waals surface area contributed by atoms with Crippen LogP contribution in [0.3, 0.4) is 0 Å². The summed E-state index contributed by atoms with van der Waals surface area (Å²) in [5, 5.41) is 10.6. The second-order valence-corrected chi connectivity index (χ2v) is 5.93. The van der Waals surface area contributed by atoms with Crippen LogP contribution in [0.1, 0.15) is 58.4 Å². The summed E-state index contributed by atoms with van der Waals surface area (Å²) in [5.41, 5.74) is 0.983. The van der Waals surface area contributed by atoms with Crippen molar-refractivity contribution in [3.05, 3.63) is 17.5 Å². The van der Waals surface area contributed by atoms with Crippen LogP contribution in [0.4, 0.5) is 0 Å². The fraction of sp³-hybridized carbons (Fsp3) is 0.750. The fourth-order valence-electron chi connectivity index (χ4n) is 2.11. The van der Waals surface area contributed by atoms with Crippen molar-refractivity contribution in [3.8, 4) is 0 Å². The standard InChI is InChI=1S/C16H30N4O/c1-6-14-10-15(21-20-14)11-18-16(17-5)19-13(4)9-7-8-12(2)3/h10,12-13H,6-9,11H2,1-5H3,(H2,17,18,19). The maximum Gasteiger partial charge on any atom is 0.191 e. The van der Waals surface area contributed by atoms with E-state index in [-0.39, 0.29) is 0 Å². The van der Waals surface area contributed by atoms with Crippen molar-refractivity contribution < 1.29 is 4.52 Å². The molecule has 1 rings (SSSR count). The molecule has 21 heavy (non-hydrogen) atoms. The number of hydrogen-bond donors (Lipinski definition) is 2. The molecule has 0 amide bonds. The number of aromatic nitrogens is 1. The highest BCUT2D eigenvalue weighted by Crippen LogP contribution is 2.08. The van der Waals surface area contributed by atoms with Gasteiger partial charge in [0.25, 0.3) is 0 Å². The molecule has 1 unspecified atom stereocenters. The Kier molecular flexibility index (Phi) is 7.87. The minimum absolute atomic E-state index is 0.413. The lowest BCUT2D eigenvalue weighted by molar-refractivity contribution is 0.374. The molecule has 1 heterocycles. The number of nitrogens with one attached hydrogen (secondary N) is 2. The monoisotopic (exact) mass is 294 g/mol. The number of guanidine groups is 1. The van der Waals surface area contributed by atoms with Gasteiger partial charge in [0.05, 0.1) is 12.2 Å². The van der Waals surface area contributed by atoms with Gasteiger partial charge >= 0.3 is 0 Å². The van der Waals surface area contributed by atoms with Gasteiger partial charge in [0.1, 0.15) is 0 Å². The highest BCUT2D eigenvalue weighted by molar-refractivity contribution is 5.79. The summed E-state index contributed by atoms with van der Waals surface area (Å²) in [6.45, 7) is 9.39. The maximum atomic E-state index is 5.25. The van der Waals surface area contributed by atoms with Crippen LogP contribution in [0.5, 0.6) is 0 Å². The molecule has 5 heteroatoms. The van der Waals surface area contributed by atoms with Gasteiger partial charge in [0.2, 0.25) is 0 Å². The van der Waals surface area contributed by atoms with E-state index in [2.05, 4.69) is 48.5 Å². The molecule has 0 aromatic carbocycles. The Morgan fingerprint density at radius 2 is 2.10 bits per heavy atom. The molecule has 0 saturated carbocycles. The summed E-state index contributed by atoms with van der Waals surface area (Å²) in [7, 11) is 1.79. The van der Waals surface area contributed by atoms with Gasteiger partial charge in [-0.2, -0.15) is 0 Å². The molecule has 1 aromatic heterocycles. The molecular formula is C16H30N4O. The first kappa shape index (κ1) is 17.5. The molecule has 0 aliphatic carbocycles. The van der Waals surface area contributed by atoms with Crippen molar-refractivity contribution in [3.63, 3.8) is 0 Å². The normalized spacial score (nSPS) is 13.5. The molecule has 2 N–H and O–H groups in total. The minimum atomic E-state index is 0.413. The summed E-state index contributed by atoms with van der Waals surface area (Å²) < 4.78 is 5.25. The van der Waals surface area contributed by atoms with Crippen molar-refractivity contribution in [1.82, 2.24) is 15.8 Å². The van der Waals surface area contributed by atoms with E-state index in [1.54, 1.807) is 7.05 Å². The Labute approximate surface area is 128 Å². The molecule has 0 fully saturated rings. The quantitative estimate of drug-likeness (QED) is 0.571. The highest BCUT2D eigenvalue weighted by Gasteiger charge is 2.07. The van der Waals surface area contributed by atoms with Gasteiger partial charge in [-0.3, -0.25) is 4.99 Å². The zero-order chi connectivity index (χ0) is 15.7. The molecule has 5 nitrogen and oxygen atoms in total. The number of nitrogens with zero attached hydrogens (tertiary/aromatic N) is 2. The summed E-state index contributed by atoms with van der Waals surface area (Å²) >= 11 is 0. The fourth-order valence-corrected chi connectivity index (χ4v) is 2.11. The molecule has 0 saturated heterocycles. The highest BCUT2D eigenvalue weighted by atomic mass is 16.5. The van der Waals surface area contributed by atoms with E-state index in [1.807, 2.05) is 6.07 Å². The molecule has 120 valence electrons. The van der Waals surface area contributed by atoms with Crippen LogP contribution < -0.4 is 10.6 Å². The minimum Gasteiger partial charge on any atom is -0.359 e. The van der Waals surface area contributed by atoms with E-state index in [1.165, 1.54) is 12.8 Å². The van der Waals surface area contributed by atoms with E-state index in [0.717, 1.165) is 36.2 Å². The van der Waals surface area contributed by atoms with Gasteiger partial charge in [-0.15, -0.1) is 0 Å². The molecular weight excluding hydrogens is 264 g/mol. The van der Waals surface area contributed by atoms with Gasteiger partial charge in [-0.05, 0) is 25.7 Å². The first-order chi connectivity index (χ1) is 10.0. The van der Waals surface area contributed by atoms with Crippen LogP contribution in [0, 0.1) is 5.92 Å². The van der Waals surface area contributed by atoms with Crippen LogP contribution in [-0.2, 0) is 13.0 Å². The van der Waals surface area contributed by atoms with E-state index in [0.29, 0.717) is 12.6 Å². The third-order valence-electron chi connectivity index (χ3n) is 3.43. The van der Waals surface area contributed by atoms with Crippen molar-refractivity contribution in [2.24, 2.45) is 10.9 Å². The topological polar surface area (TPSA) is 62.5 Å². The van der Waals surface area contributed by atoms with Gasteiger partial charge in [0.15, 0.2) is 11.7 Å². The van der Waals surface area contributed by atoms with Gasteiger partial charge in [0, 0.05) is 19.2 Å². The van der Waals surface area contributed by atoms with Gasteiger partial charge < -0.3 is 15.2 Å². The molecule has 0 aliphatic heterocycles. The van der Waals surface area contributed by atoms with Crippen molar-refractivity contribution in [1.29, 1.82) is 0 Å². The molecule has 0 bridgehead atoms. The number of aryl methyl sites for hydroxylation is 1. The lowest BCUT2D eigenvalue weighted by Gasteiger charge is -2.17. The Bertz CT molecular complexity index is 426. The first-order valence-electron chi connectivity index (χ1n) is 7.96. The second kappa shape index (κ2) is 9.42. The Balaban J connectivity index is 2.31. The number of hydrogen-bond acceptors (Lipinski definition) is 3. The van der Waals surface area contributed by atoms with Crippen LogP contribution in [0.2, 0.25) is 0 Å². The average Bonchev–Trinajstić information content (AvgIpc) is 2.91. The van der Waals surface area contributed by atoms with E-state index < -0.39 is 0 Å². The molecule has 0 radical (unpaired) electrons. The summed E-state index contributed by atoms with van der Waals surface area (Å²) in [4.78, 5) is 4.25. The maximum absolute atomic E-state index is 5.25. The Morgan fingerprint density at radius 3 is 2.67 bits per heavy atom. The second-order valence-electron chi connectivity index (χ2n) is 5.93. The Hall–Kier alpha value is -1.52. The van der Waals surface area contributed by atoms with Crippen molar-refractivity contribution in [2.75, 3.05) is 7.05 Å². The van der Waals surface area contributed by atoms with E-state index in [4.69, 9.17) is 4.52 Å². The number of aliphatic imine (C=N–C) groups is 1. The summed E-state index contributed by atoms with van der Waals surface area (Å²) in [5.74, 6) is 2.41. The largest absolute Gasteiger partial charge is 0.359 e. The summed E-state index contributed by atoms with van der Waals surface area (Å²) in [6, 6.07) is 2.39. The van der Waals surface area contributed by atoms with Crippen LogP contribution in [0.25, 0.3) is 0 Å². The average molecular weight is 294 g/mol. The van der Waals surface area contributed by atoms with Gasteiger partial charge in [-0.25, -0.2) is 0 Å². The predicted molar refractivity (Wildman–Crippen MR) is 87.4 cm³/mol. The van der Waals surface area contributed by atoms with E-state index in [9.17, 15) is 0 Å². The van der Waals surface area contributed by atoms with Crippen molar-refractivity contribution in [2.45, 2.75) is 66.0 Å². The lowest BCUT2D eigenvalue weighted by Crippen LogP contribution is -2.41. The summed E-state index contributed by atoms with van der Waals surface area (Å²) in [6.07, 6.45) is 4.56. The third-order valence-corrected chi connectivity index (χ3v) is 3.43. The van der Waals surface area contributed by atoms with Crippen LogP contribution in [-0.4, -0.2) is 24.2 Å². The molecule has 0 spiro atoms. The van der Waals surface area contributed by atoms with Crippen LogP contribution in [0.15, 0.2) is 15.6 Å². The molecule has 0 aliphatic rings. The van der Waals surface area contributed by atoms with Crippen molar-refractivity contribution >= 4 is 5.96 Å². The number of rotatable bonds is 8. The van der Waals surface area contributed by atoms with Gasteiger partial charge in [-0.1, -0.05) is 38.8 Å². The zero-order valence-electron chi connectivity index (χ0n) is 14.1. The lowest BCUT2D eigenvalue weighted by atomic mass is 10.0. The molecule has 1 atom stereocenters. The third kappa shape index (κ3) is 7.16.